The number of aromatic nitrogens is 3. The van der Waals surface area contributed by atoms with E-state index in [2.05, 4.69) is 20.4 Å². The Morgan fingerprint density at radius 1 is 1.03 bits per heavy atom. The second-order valence-electron chi connectivity index (χ2n) is 6.88. The number of carbonyl (C=O) groups excluding carboxylic acids is 1. The summed E-state index contributed by atoms with van der Waals surface area (Å²) in [5, 5.41) is 7.34. The van der Waals surface area contributed by atoms with Gasteiger partial charge in [-0.05, 0) is 55.5 Å². The predicted octanol–water partition coefficient (Wildman–Crippen LogP) is 5.04. The summed E-state index contributed by atoms with van der Waals surface area (Å²) in [6.07, 6.45) is 0. The van der Waals surface area contributed by atoms with Crippen LogP contribution in [0, 0.1) is 19.7 Å². The number of pyridine rings is 1. The Balaban J connectivity index is 1.57. The molecule has 3 aromatic heterocycles. The van der Waals surface area contributed by atoms with Gasteiger partial charge in [-0.15, -0.1) is 0 Å². The maximum atomic E-state index is 13.3. The van der Waals surface area contributed by atoms with Gasteiger partial charge in [0.15, 0.2) is 11.5 Å². The number of carbonyl (C=O) groups is 1. The third-order valence-corrected chi connectivity index (χ3v) is 4.75. The largest absolute Gasteiger partial charge is 0.441 e. The lowest BCUT2D eigenvalue weighted by Gasteiger charge is -2.08. The van der Waals surface area contributed by atoms with Crippen molar-refractivity contribution >= 4 is 33.8 Å². The fraction of sp³-hybridized carbons (Fsp3) is 0.0909. The lowest BCUT2D eigenvalue weighted by molar-refractivity contribution is 0.102. The zero-order chi connectivity index (χ0) is 20.8. The van der Waals surface area contributed by atoms with Crippen LogP contribution >= 0.6 is 0 Å². The van der Waals surface area contributed by atoms with Crippen LogP contribution in [0.15, 0.2) is 57.5 Å². The summed E-state index contributed by atoms with van der Waals surface area (Å²) in [6.45, 7) is 3.50. The minimum absolute atomic E-state index is 0.238. The molecule has 0 aliphatic rings. The molecule has 7 nitrogen and oxygen atoms in total. The van der Waals surface area contributed by atoms with E-state index in [1.807, 2.05) is 0 Å². The average molecular weight is 402 g/mol. The van der Waals surface area contributed by atoms with Gasteiger partial charge in [-0.3, -0.25) is 4.79 Å². The molecule has 0 saturated heterocycles. The highest BCUT2D eigenvalue weighted by molar-refractivity contribution is 6.13. The first-order valence-electron chi connectivity index (χ1n) is 9.19. The molecule has 148 valence electrons. The van der Waals surface area contributed by atoms with Gasteiger partial charge in [0.05, 0.1) is 22.3 Å². The van der Waals surface area contributed by atoms with Crippen molar-refractivity contribution < 1.29 is 18.1 Å². The van der Waals surface area contributed by atoms with E-state index >= 15 is 0 Å². The Kier molecular flexibility index (Phi) is 4.06. The Hall–Kier alpha value is -4.07. The minimum atomic E-state index is -0.355. The highest BCUT2D eigenvalue weighted by atomic mass is 19.1. The minimum Gasteiger partial charge on any atom is -0.441 e. The van der Waals surface area contributed by atoms with Gasteiger partial charge in [-0.2, -0.15) is 0 Å². The summed E-state index contributed by atoms with van der Waals surface area (Å²) in [5.41, 5.74) is 4.14. The second-order valence-corrected chi connectivity index (χ2v) is 6.88. The Bertz CT molecular complexity index is 1420. The van der Waals surface area contributed by atoms with Gasteiger partial charge in [0.25, 0.3) is 11.6 Å². The molecule has 5 rings (SSSR count). The molecule has 0 fully saturated rings. The van der Waals surface area contributed by atoms with E-state index in [4.69, 9.17) is 8.94 Å². The molecule has 8 heteroatoms. The topological polar surface area (TPSA) is 94.1 Å². The third kappa shape index (κ3) is 3.08. The number of halogens is 1. The normalized spacial score (nSPS) is 11.3. The summed E-state index contributed by atoms with van der Waals surface area (Å²) in [7, 11) is 0. The quantitative estimate of drug-likeness (QED) is 0.454. The van der Waals surface area contributed by atoms with Gasteiger partial charge in [-0.25, -0.2) is 14.4 Å². The highest BCUT2D eigenvalue weighted by Gasteiger charge is 2.20. The van der Waals surface area contributed by atoms with Crippen LogP contribution in [0.25, 0.3) is 33.5 Å². The van der Waals surface area contributed by atoms with Crippen molar-refractivity contribution in [2.24, 2.45) is 0 Å². The van der Waals surface area contributed by atoms with E-state index < -0.39 is 0 Å². The van der Waals surface area contributed by atoms with Gasteiger partial charge in [0, 0.05) is 18.2 Å². The number of amides is 1. The summed E-state index contributed by atoms with van der Waals surface area (Å²) in [6, 6.07) is 12.7. The molecule has 0 spiro atoms. The van der Waals surface area contributed by atoms with Crippen molar-refractivity contribution in [1.29, 1.82) is 0 Å². The molecule has 0 bridgehead atoms. The van der Waals surface area contributed by atoms with Gasteiger partial charge in [0.1, 0.15) is 11.3 Å². The van der Waals surface area contributed by atoms with Gasteiger partial charge in [0.2, 0.25) is 0 Å². The zero-order valence-electron chi connectivity index (χ0n) is 16.1. The number of fused-ring (bicyclic) bond motifs is 2. The van der Waals surface area contributed by atoms with Crippen molar-refractivity contribution in [3.63, 3.8) is 0 Å². The Morgan fingerprint density at radius 3 is 2.63 bits per heavy atom. The predicted molar refractivity (Wildman–Crippen MR) is 109 cm³/mol. The number of anilines is 1. The van der Waals surface area contributed by atoms with E-state index in [0.717, 1.165) is 0 Å². The Morgan fingerprint density at radius 2 is 1.83 bits per heavy atom. The SMILES string of the molecule is Cc1nc2cc(NC(=O)c3cc(-c4ccc(F)cc4)nc4onc(C)c34)ccc2o1. The van der Waals surface area contributed by atoms with Crippen LogP contribution in [-0.2, 0) is 0 Å². The molecular weight excluding hydrogens is 387 g/mol. The number of hydrogen-bond acceptors (Lipinski definition) is 6. The van der Waals surface area contributed by atoms with Crippen LogP contribution in [0.3, 0.4) is 0 Å². The summed E-state index contributed by atoms with van der Waals surface area (Å²) in [4.78, 5) is 21.9. The molecule has 0 unspecified atom stereocenters. The van der Waals surface area contributed by atoms with Crippen molar-refractivity contribution in [3.8, 4) is 11.3 Å². The molecule has 0 aliphatic carbocycles. The number of rotatable bonds is 3. The smallest absolute Gasteiger partial charge is 0.259 e. The number of hydrogen-bond donors (Lipinski definition) is 1. The third-order valence-electron chi connectivity index (χ3n) is 4.75. The molecule has 3 heterocycles. The van der Waals surface area contributed by atoms with Crippen molar-refractivity contribution in [2.45, 2.75) is 13.8 Å². The number of nitrogens with zero attached hydrogens (tertiary/aromatic N) is 3. The first kappa shape index (κ1) is 18.0. The maximum absolute atomic E-state index is 13.3. The fourth-order valence-corrected chi connectivity index (χ4v) is 3.36. The number of oxazole rings is 1. The molecule has 30 heavy (non-hydrogen) atoms. The summed E-state index contributed by atoms with van der Waals surface area (Å²) >= 11 is 0. The molecule has 1 amide bonds. The number of benzene rings is 2. The second kappa shape index (κ2) is 6.77. The van der Waals surface area contributed by atoms with Crippen LogP contribution in [-0.4, -0.2) is 21.0 Å². The molecule has 5 aromatic rings. The van der Waals surface area contributed by atoms with Crippen LogP contribution in [0.2, 0.25) is 0 Å². The molecule has 0 saturated carbocycles. The molecule has 0 radical (unpaired) electrons. The number of nitrogens with one attached hydrogen (secondary N) is 1. The molecule has 0 aliphatic heterocycles. The Labute approximate surface area is 169 Å². The molecule has 1 N–H and O–H groups in total. The monoisotopic (exact) mass is 402 g/mol. The first-order valence-corrected chi connectivity index (χ1v) is 9.19. The molecular formula is C22H15FN4O3. The zero-order valence-corrected chi connectivity index (χ0v) is 16.1. The van der Waals surface area contributed by atoms with Gasteiger partial charge < -0.3 is 14.3 Å². The first-order chi connectivity index (χ1) is 14.5. The van der Waals surface area contributed by atoms with Gasteiger partial charge in [-0.1, -0.05) is 5.16 Å². The fourth-order valence-electron chi connectivity index (χ4n) is 3.36. The summed E-state index contributed by atoms with van der Waals surface area (Å²) in [5.74, 6) is -0.156. The lowest BCUT2D eigenvalue weighted by Crippen LogP contribution is -2.13. The van der Waals surface area contributed by atoms with Crippen molar-refractivity contribution in [3.05, 3.63) is 71.5 Å². The van der Waals surface area contributed by atoms with E-state index in [1.165, 1.54) is 12.1 Å². The standard InChI is InChI=1S/C22H15FN4O3/c1-11-20-16(21(28)25-15-7-8-19-18(9-15)24-12(2)29-19)10-17(26-22(20)30-27-11)13-3-5-14(23)6-4-13/h3-10H,1-2H3,(H,25,28). The lowest BCUT2D eigenvalue weighted by atomic mass is 10.0. The van der Waals surface area contributed by atoms with Gasteiger partial charge >= 0.3 is 0 Å². The number of aryl methyl sites for hydroxylation is 2. The van der Waals surface area contributed by atoms with Crippen LogP contribution in [0.5, 0.6) is 0 Å². The van der Waals surface area contributed by atoms with E-state index in [1.54, 1.807) is 50.2 Å². The maximum Gasteiger partial charge on any atom is 0.259 e. The van der Waals surface area contributed by atoms with Crippen molar-refractivity contribution in [1.82, 2.24) is 15.1 Å². The molecule has 2 aromatic carbocycles. The van der Waals surface area contributed by atoms with E-state index in [9.17, 15) is 9.18 Å². The highest BCUT2D eigenvalue weighted by Crippen LogP contribution is 2.28. The van der Waals surface area contributed by atoms with Crippen LogP contribution in [0.1, 0.15) is 21.9 Å². The average Bonchev–Trinajstić information content (AvgIpc) is 3.29. The molecule has 0 atom stereocenters. The van der Waals surface area contributed by atoms with Crippen LogP contribution < -0.4 is 5.32 Å². The summed E-state index contributed by atoms with van der Waals surface area (Å²) < 4.78 is 24.1. The van der Waals surface area contributed by atoms with E-state index in [-0.39, 0.29) is 17.4 Å². The van der Waals surface area contributed by atoms with Crippen LogP contribution in [0.4, 0.5) is 10.1 Å². The van der Waals surface area contributed by atoms with E-state index in [0.29, 0.717) is 50.6 Å². The van der Waals surface area contributed by atoms with Crippen molar-refractivity contribution in [2.75, 3.05) is 5.32 Å².